The number of hydrogen-bond acceptors (Lipinski definition) is 5. The number of thiazole rings is 1. The highest BCUT2D eigenvalue weighted by Gasteiger charge is 2.08. The van der Waals surface area contributed by atoms with Crippen LogP contribution in [-0.2, 0) is 4.18 Å². The van der Waals surface area contributed by atoms with Crippen LogP contribution in [0.4, 0.5) is 4.79 Å². The fourth-order valence-electron chi connectivity index (χ4n) is 0.663. The fourth-order valence-corrected chi connectivity index (χ4v) is 2.22. The van der Waals surface area contributed by atoms with E-state index in [0.29, 0.717) is 0 Å². The van der Waals surface area contributed by atoms with Crippen LogP contribution >= 0.6 is 23.4 Å². The summed E-state index contributed by atoms with van der Waals surface area (Å²) < 4.78 is 5.11. The first kappa shape index (κ1) is 9.34. The van der Waals surface area contributed by atoms with Gasteiger partial charge in [0.25, 0.3) is 0 Å². The molecular weight excluding hydrogens is 198 g/mol. The first-order valence-electron chi connectivity index (χ1n) is 3.11. The minimum atomic E-state index is -1.29. The molecule has 1 heterocycles. The molecule has 0 aliphatic carbocycles. The Morgan fingerprint density at radius 3 is 2.75 bits per heavy atom. The monoisotopic (exact) mass is 205 g/mol. The normalized spacial score (nSPS) is 9.83. The molecule has 1 rings (SSSR count). The van der Waals surface area contributed by atoms with Gasteiger partial charge in [-0.25, -0.2) is 9.78 Å². The summed E-state index contributed by atoms with van der Waals surface area (Å²) in [5.74, 6) is 0. The highest BCUT2D eigenvalue weighted by molar-refractivity contribution is 7.97. The number of aromatic nitrogens is 1. The highest BCUT2D eigenvalue weighted by Crippen LogP contribution is 2.29. The van der Waals surface area contributed by atoms with Gasteiger partial charge in [-0.3, -0.25) is 0 Å². The molecule has 4 nitrogen and oxygen atoms in total. The zero-order valence-corrected chi connectivity index (χ0v) is 8.16. The first-order chi connectivity index (χ1) is 5.59. The number of carboxylic acid groups (broad SMARTS) is 1. The highest BCUT2D eigenvalue weighted by atomic mass is 32.2. The molecule has 12 heavy (non-hydrogen) atoms. The Labute approximate surface area is 77.8 Å². The van der Waals surface area contributed by atoms with Crippen LogP contribution in [0.5, 0.6) is 0 Å². The molecule has 0 saturated carbocycles. The Balaban J connectivity index is 2.62. The van der Waals surface area contributed by atoms with E-state index in [2.05, 4.69) is 9.17 Å². The van der Waals surface area contributed by atoms with E-state index >= 15 is 0 Å². The zero-order valence-electron chi connectivity index (χ0n) is 6.53. The summed E-state index contributed by atoms with van der Waals surface area (Å²) in [6, 6.07) is 0. The quantitative estimate of drug-likeness (QED) is 0.751. The van der Waals surface area contributed by atoms with E-state index in [-0.39, 0.29) is 0 Å². The lowest BCUT2D eigenvalue weighted by Crippen LogP contribution is -1.90. The minimum absolute atomic E-state index is 0.787. The van der Waals surface area contributed by atoms with E-state index in [1.54, 1.807) is 0 Å². The number of rotatable bonds is 2. The second-order valence-electron chi connectivity index (χ2n) is 2.04. The van der Waals surface area contributed by atoms with Crippen molar-refractivity contribution in [1.82, 2.24) is 4.98 Å². The van der Waals surface area contributed by atoms with Gasteiger partial charge < -0.3 is 9.29 Å². The Hall–Kier alpha value is -0.750. The van der Waals surface area contributed by atoms with E-state index in [1.807, 2.05) is 13.8 Å². The summed E-state index contributed by atoms with van der Waals surface area (Å²) in [5, 5.41) is 9.12. The smallest absolute Gasteiger partial charge is 0.449 e. The van der Waals surface area contributed by atoms with Gasteiger partial charge >= 0.3 is 6.16 Å². The van der Waals surface area contributed by atoms with Crippen molar-refractivity contribution in [3.63, 3.8) is 0 Å². The summed E-state index contributed by atoms with van der Waals surface area (Å²) in [5.41, 5.74) is 0.809. The van der Waals surface area contributed by atoms with Crippen LogP contribution in [-0.4, -0.2) is 16.2 Å². The van der Waals surface area contributed by atoms with Crippen molar-refractivity contribution in [3.05, 3.63) is 10.7 Å². The van der Waals surface area contributed by atoms with Gasteiger partial charge in [0, 0.05) is 0 Å². The molecule has 1 N–H and O–H groups in total. The molecule has 6 heteroatoms. The third-order valence-corrected chi connectivity index (χ3v) is 3.04. The second kappa shape index (κ2) is 3.77. The Kier molecular flexibility index (Phi) is 2.93. The molecule has 0 radical (unpaired) electrons. The largest absolute Gasteiger partial charge is 0.518 e. The van der Waals surface area contributed by atoms with Crippen molar-refractivity contribution >= 4 is 29.5 Å². The lowest BCUT2D eigenvalue weighted by atomic mass is 10.6. The maximum Gasteiger partial charge on any atom is 0.518 e. The van der Waals surface area contributed by atoms with Gasteiger partial charge in [-0.1, -0.05) is 0 Å². The maximum atomic E-state index is 10.0. The van der Waals surface area contributed by atoms with E-state index in [9.17, 15) is 4.79 Å². The molecule has 0 amide bonds. The van der Waals surface area contributed by atoms with Crippen molar-refractivity contribution in [1.29, 1.82) is 0 Å². The molecule has 1 aromatic rings. The van der Waals surface area contributed by atoms with Crippen LogP contribution in [0.2, 0.25) is 0 Å². The van der Waals surface area contributed by atoms with Crippen molar-refractivity contribution in [3.8, 4) is 0 Å². The molecule has 1 aromatic heterocycles. The standard InChI is InChI=1S/C6H7NO3S2/c1-3-5(11-4(2)7-3)12-10-6(8)9/h1-2H3,(H,8,9). The molecule has 0 aliphatic heterocycles. The minimum Gasteiger partial charge on any atom is -0.449 e. The molecule has 0 atom stereocenters. The Bertz CT molecular complexity index is 297. The predicted octanol–water partition coefficient (Wildman–Crippen LogP) is 2.46. The van der Waals surface area contributed by atoms with Gasteiger partial charge in [-0.15, -0.1) is 11.3 Å². The molecule has 0 aliphatic rings. The predicted molar refractivity (Wildman–Crippen MR) is 46.6 cm³/mol. The number of carbonyl (C=O) groups is 1. The van der Waals surface area contributed by atoms with E-state index in [4.69, 9.17) is 5.11 Å². The van der Waals surface area contributed by atoms with Crippen LogP contribution in [0.1, 0.15) is 10.7 Å². The van der Waals surface area contributed by atoms with Gasteiger partial charge in [-0.05, 0) is 13.8 Å². The molecule has 0 unspecified atom stereocenters. The molecule has 0 fully saturated rings. The van der Waals surface area contributed by atoms with Crippen molar-refractivity contribution in [2.75, 3.05) is 0 Å². The van der Waals surface area contributed by atoms with Gasteiger partial charge in [0.05, 0.1) is 10.7 Å². The SMILES string of the molecule is Cc1nc(C)c(SOC(=O)O)s1. The summed E-state index contributed by atoms with van der Waals surface area (Å²) in [4.78, 5) is 14.1. The van der Waals surface area contributed by atoms with E-state index in [1.165, 1.54) is 11.3 Å². The molecular formula is C6H7NO3S2. The average molecular weight is 205 g/mol. The van der Waals surface area contributed by atoms with Gasteiger partial charge in [-0.2, -0.15) is 0 Å². The van der Waals surface area contributed by atoms with Crippen LogP contribution in [0.3, 0.4) is 0 Å². The van der Waals surface area contributed by atoms with Gasteiger partial charge in [0.15, 0.2) is 0 Å². The van der Waals surface area contributed by atoms with Crippen molar-refractivity contribution in [2.45, 2.75) is 18.1 Å². The maximum absolute atomic E-state index is 10.0. The fraction of sp³-hybridized carbons (Fsp3) is 0.333. The molecule has 0 aromatic carbocycles. The summed E-state index contributed by atoms with van der Waals surface area (Å²) in [6.45, 7) is 3.68. The molecule has 0 saturated heterocycles. The van der Waals surface area contributed by atoms with Crippen LogP contribution in [0.15, 0.2) is 4.21 Å². The van der Waals surface area contributed by atoms with Crippen molar-refractivity contribution in [2.24, 2.45) is 0 Å². The first-order valence-corrected chi connectivity index (χ1v) is 4.67. The molecule has 66 valence electrons. The van der Waals surface area contributed by atoms with Crippen LogP contribution < -0.4 is 0 Å². The average Bonchev–Trinajstić information content (AvgIpc) is 2.26. The van der Waals surface area contributed by atoms with E-state index < -0.39 is 6.16 Å². The number of nitrogens with zero attached hydrogens (tertiary/aromatic N) is 1. The van der Waals surface area contributed by atoms with Gasteiger partial charge in [0.1, 0.15) is 16.3 Å². The summed E-state index contributed by atoms with van der Waals surface area (Å²) in [6.07, 6.45) is -1.29. The third-order valence-electron chi connectivity index (χ3n) is 1.05. The lowest BCUT2D eigenvalue weighted by molar-refractivity contribution is 0.153. The van der Waals surface area contributed by atoms with E-state index in [0.717, 1.165) is 27.0 Å². The summed E-state index contributed by atoms with van der Waals surface area (Å²) >= 11 is 2.25. The van der Waals surface area contributed by atoms with Crippen LogP contribution in [0, 0.1) is 13.8 Å². The Morgan fingerprint density at radius 2 is 2.33 bits per heavy atom. The topological polar surface area (TPSA) is 59.4 Å². The molecule has 0 spiro atoms. The number of aryl methyl sites for hydroxylation is 2. The van der Waals surface area contributed by atoms with Crippen LogP contribution in [0.25, 0.3) is 0 Å². The molecule has 0 bridgehead atoms. The van der Waals surface area contributed by atoms with Crippen molar-refractivity contribution < 1.29 is 14.1 Å². The zero-order chi connectivity index (χ0) is 9.14. The van der Waals surface area contributed by atoms with Gasteiger partial charge in [0.2, 0.25) is 0 Å². The lowest BCUT2D eigenvalue weighted by Gasteiger charge is -1.93. The Morgan fingerprint density at radius 1 is 1.67 bits per heavy atom. The second-order valence-corrected chi connectivity index (χ2v) is 4.24. The summed E-state index contributed by atoms with van der Waals surface area (Å²) in [7, 11) is 0. The number of hydrogen-bond donors (Lipinski definition) is 1. The third kappa shape index (κ3) is 2.38.